The number of hydrogen-bond acceptors (Lipinski definition) is 3. The van der Waals surface area contributed by atoms with Gasteiger partial charge in [-0.2, -0.15) is 0 Å². The molecular weight excluding hydrogens is 405 g/mol. The summed E-state index contributed by atoms with van der Waals surface area (Å²) in [5.74, 6) is 0.788. The van der Waals surface area contributed by atoms with Gasteiger partial charge < -0.3 is 4.74 Å². The summed E-state index contributed by atoms with van der Waals surface area (Å²) >= 11 is 12.2. The molecule has 0 saturated carbocycles. The lowest BCUT2D eigenvalue weighted by atomic mass is 9.94. The summed E-state index contributed by atoms with van der Waals surface area (Å²) in [5, 5.41) is 0.673. The van der Waals surface area contributed by atoms with Gasteiger partial charge in [-0.1, -0.05) is 43.1 Å². The molecule has 0 saturated heterocycles. The first-order valence-corrected chi connectivity index (χ1v) is 11.1. The highest BCUT2D eigenvalue weighted by Gasteiger charge is 2.22. The number of ether oxygens (including phenoxy) is 1. The van der Waals surface area contributed by atoms with Crippen molar-refractivity contribution in [2.75, 3.05) is 7.11 Å². The maximum Gasteiger partial charge on any atom is 0.216 e. The Labute approximate surface area is 171 Å². The van der Waals surface area contributed by atoms with Gasteiger partial charge in [-0.05, 0) is 60.7 Å². The molecule has 0 bridgehead atoms. The molecule has 0 radical (unpaired) electrons. The zero-order valence-electron chi connectivity index (χ0n) is 16.1. The standard InChI is InChI=1S/C20H25Cl2NO3S/c1-12(2)15-10-16(13(3)9-20(15)26-5)14(4)23-27(24,25)11-17-18(21)7-6-8-19(17)22/h6-10,12,14,23H,11H2,1-5H3/t14-/m0/s1. The first-order valence-electron chi connectivity index (χ1n) is 8.67. The second-order valence-electron chi connectivity index (χ2n) is 6.90. The molecule has 27 heavy (non-hydrogen) atoms. The van der Waals surface area contributed by atoms with Crippen molar-refractivity contribution in [3.8, 4) is 5.75 Å². The van der Waals surface area contributed by atoms with Gasteiger partial charge in [0.15, 0.2) is 0 Å². The molecule has 2 aromatic rings. The van der Waals surface area contributed by atoms with Crippen LogP contribution in [0.1, 0.15) is 55.0 Å². The summed E-state index contributed by atoms with van der Waals surface area (Å²) in [6.45, 7) is 7.92. The number of benzene rings is 2. The van der Waals surface area contributed by atoms with Crippen molar-refractivity contribution in [1.29, 1.82) is 0 Å². The lowest BCUT2D eigenvalue weighted by Gasteiger charge is -2.21. The van der Waals surface area contributed by atoms with Crippen LogP contribution >= 0.6 is 23.2 Å². The molecule has 148 valence electrons. The van der Waals surface area contributed by atoms with Crippen LogP contribution in [0.2, 0.25) is 10.0 Å². The van der Waals surface area contributed by atoms with Gasteiger partial charge in [0, 0.05) is 21.7 Å². The molecule has 2 aromatic carbocycles. The Balaban J connectivity index is 2.30. The van der Waals surface area contributed by atoms with Crippen molar-refractivity contribution in [2.45, 2.75) is 45.4 Å². The van der Waals surface area contributed by atoms with Crippen molar-refractivity contribution in [2.24, 2.45) is 0 Å². The average molecular weight is 430 g/mol. The van der Waals surface area contributed by atoms with E-state index in [1.165, 1.54) is 0 Å². The van der Waals surface area contributed by atoms with Crippen LogP contribution in [-0.4, -0.2) is 15.5 Å². The highest BCUT2D eigenvalue weighted by molar-refractivity contribution is 7.88. The number of rotatable bonds is 7. The number of nitrogens with one attached hydrogen (secondary N) is 1. The monoisotopic (exact) mass is 429 g/mol. The molecule has 0 unspecified atom stereocenters. The fourth-order valence-electron chi connectivity index (χ4n) is 3.05. The van der Waals surface area contributed by atoms with Crippen LogP contribution < -0.4 is 9.46 Å². The van der Waals surface area contributed by atoms with Crippen LogP contribution in [0.4, 0.5) is 0 Å². The first kappa shape index (κ1) is 22.0. The number of aryl methyl sites for hydroxylation is 1. The van der Waals surface area contributed by atoms with E-state index in [4.69, 9.17) is 27.9 Å². The van der Waals surface area contributed by atoms with E-state index < -0.39 is 16.1 Å². The number of halogens is 2. The van der Waals surface area contributed by atoms with Gasteiger partial charge >= 0.3 is 0 Å². The lowest BCUT2D eigenvalue weighted by Crippen LogP contribution is -2.29. The molecule has 7 heteroatoms. The first-order chi connectivity index (χ1) is 12.6. The second kappa shape index (κ2) is 8.82. The smallest absolute Gasteiger partial charge is 0.216 e. The van der Waals surface area contributed by atoms with Crippen LogP contribution in [0, 0.1) is 6.92 Å². The van der Waals surface area contributed by atoms with Crippen molar-refractivity contribution in [3.05, 3.63) is 62.6 Å². The van der Waals surface area contributed by atoms with Crippen LogP contribution in [0.3, 0.4) is 0 Å². The predicted octanol–water partition coefficient (Wildman–Crippen LogP) is 5.61. The predicted molar refractivity (Wildman–Crippen MR) is 112 cm³/mol. The van der Waals surface area contributed by atoms with Gasteiger partial charge in [-0.15, -0.1) is 0 Å². The van der Waals surface area contributed by atoms with E-state index in [2.05, 4.69) is 18.6 Å². The molecule has 0 spiro atoms. The fourth-order valence-corrected chi connectivity index (χ4v) is 5.17. The number of methoxy groups -OCH3 is 1. The van der Waals surface area contributed by atoms with Crippen molar-refractivity contribution in [1.82, 2.24) is 4.72 Å². The minimum absolute atomic E-state index is 0.255. The Bertz CT molecular complexity index is 907. The second-order valence-corrected chi connectivity index (χ2v) is 9.47. The van der Waals surface area contributed by atoms with E-state index in [0.29, 0.717) is 15.6 Å². The minimum atomic E-state index is -3.64. The van der Waals surface area contributed by atoms with Crippen molar-refractivity contribution in [3.63, 3.8) is 0 Å². The van der Waals surface area contributed by atoms with E-state index in [0.717, 1.165) is 22.4 Å². The molecule has 0 amide bonds. The van der Waals surface area contributed by atoms with Gasteiger partial charge in [0.2, 0.25) is 10.0 Å². The van der Waals surface area contributed by atoms with E-state index in [-0.39, 0.29) is 11.7 Å². The third kappa shape index (κ3) is 5.38. The third-order valence-corrected chi connectivity index (χ3v) is 6.55. The topological polar surface area (TPSA) is 55.4 Å². The third-order valence-electron chi connectivity index (χ3n) is 4.46. The summed E-state index contributed by atoms with van der Waals surface area (Å²) in [5.41, 5.74) is 3.31. The molecule has 2 rings (SSSR count). The zero-order chi connectivity index (χ0) is 20.4. The summed E-state index contributed by atoms with van der Waals surface area (Å²) in [4.78, 5) is 0. The summed E-state index contributed by atoms with van der Waals surface area (Å²) in [6.07, 6.45) is 0. The van der Waals surface area contributed by atoms with Crippen LogP contribution in [0.15, 0.2) is 30.3 Å². The molecule has 4 nitrogen and oxygen atoms in total. The minimum Gasteiger partial charge on any atom is -0.496 e. The van der Waals surface area contributed by atoms with Gasteiger partial charge in [0.05, 0.1) is 12.9 Å². The molecule has 1 N–H and O–H groups in total. The normalized spacial score (nSPS) is 13.0. The largest absolute Gasteiger partial charge is 0.496 e. The summed E-state index contributed by atoms with van der Waals surface area (Å²) < 4.78 is 33.6. The fraction of sp³-hybridized carbons (Fsp3) is 0.400. The molecule has 0 aliphatic carbocycles. The van der Waals surface area contributed by atoms with Crippen molar-refractivity contribution < 1.29 is 13.2 Å². The van der Waals surface area contributed by atoms with E-state index >= 15 is 0 Å². The Hall–Kier alpha value is -1.27. The summed E-state index contributed by atoms with van der Waals surface area (Å²) in [6, 6.07) is 8.49. The Morgan fingerprint density at radius 1 is 1.07 bits per heavy atom. The highest BCUT2D eigenvalue weighted by atomic mass is 35.5. The van der Waals surface area contributed by atoms with Crippen LogP contribution in [-0.2, 0) is 15.8 Å². The Morgan fingerprint density at radius 2 is 1.67 bits per heavy atom. The Kier molecular flexibility index (Phi) is 7.20. The molecule has 0 aliphatic heterocycles. The summed E-state index contributed by atoms with van der Waals surface area (Å²) in [7, 11) is -2.00. The van der Waals surface area contributed by atoms with Crippen molar-refractivity contribution >= 4 is 33.2 Å². The quantitative estimate of drug-likeness (QED) is 0.621. The number of sulfonamides is 1. The van der Waals surface area contributed by atoms with Crippen LogP contribution in [0.25, 0.3) is 0 Å². The zero-order valence-corrected chi connectivity index (χ0v) is 18.5. The van der Waals surface area contributed by atoms with Gasteiger partial charge in [0.1, 0.15) is 5.75 Å². The lowest BCUT2D eigenvalue weighted by molar-refractivity contribution is 0.406. The molecule has 0 aliphatic rings. The molecular formula is C20H25Cl2NO3S. The van der Waals surface area contributed by atoms with E-state index in [1.54, 1.807) is 25.3 Å². The van der Waals surface area contributed by atoms with Gasteiger partial charge in [-0.25, -0.2) is 13.1 Å². The molecule has 0 aromatic heterocycles. The SMILES string of the molecule is COc1cc(C)c([C@H](C)NS(=O)(=O)Cc2c(Cl)cccc2Cl)cc1C(C)C. The Morgan fingerprint density at radius 3 is 2.19 bits per heavy atom. The molecule has 0 fully saturated rings. The van der Waals surface area contributed by atoms with Crippen LogP contribution in [0.5, 0.6) is 5.75 Å². The van der Waals surface area contributed by atoms with Gasteiger partial charge in [-0.3, -0.25) is 0 Å². The van der Waals surface area contributed by atoms with E-state index in [9.17, 15) is 8.42 Å². The highest BCUT2D eigenvalue weighted by Crippen LogP contribution is 2.33. The number of hydrogen-bond donors (Lipinski definition) is 1. The molecule has 1 atom stereocenters. The van der Waals surface area contributed by atoms with Gasteiger partial charge in [0.25, 0.3) is 0 Å². The molecule has 0 heterocycles. The maximum atomic E-state index is 12.7. The van der Waals surface area contributed by atoms with E-state index in [1.807, 2.05) is 26.0 Å². The average Bonchev–Trinajstić information content (AvgIpc) is 2.57. The maximum absolute atomic E-state index is 12.7.